The summed E-state index contributed by atoms with van der Waals surface area (Å²) in [6.07, 6.45) is 0.577. The highest BCUT2D eigenvalue weighted by molar-refractivity contribution is 9.11. The van der Waals surface area contributed by atoms with Gasteiger partial charge < -0.3 is 15.3 Å². The Morgan fingerprint density at radius 1 is 1.43 bits per heavy atom. The standard InChI is InChI=1S/C13H13Br3N2O3/c1-6(19)17-4-3-7-10-9(18(20)13(7)16)5-8(14)12(21-2)11(10)15/h5,20H,3-4H2,1-2H3,(H,17,19). The molecule has 0 spiro atoms. The number of aromatic nitrogens is 1. The number of rotatable bonds is 4. The Morgan fingerprint density at radius 3 is 2.67 bits per heavy atom. The van der Waals surface area contributed by atoms with E-state index in [9.17, 15) is 10.0 Å². The zero-order valence-corrected chi connectivity index (χ0v) is 16.1. The van der Waals surface area contributed by atoms with E-state index in [1.807, 2.05) is 0 Å². The molecule has 0 aliphatic carbocycles. The van der Waals surface area contributed by atoms with Gasteiger partial charge in [-0.1, -0.05) is 0 Å². The van der Waals surface area contributed by atoms with E-state index in [4.69, 9.17) is 4.74 Å². The highest BCUT2D eigenvalue weighted by Gasteiger charge is 2.21. The van der Waals surface area contributed by atoms with Crippen LogP contribution in [-0.2, 0) is 11.2 Å². The first-order valence-electron chi connectivity index (χ1n) is 6.07. The number of amides is 1. The number of hydrogen-bond acceptors (Lipinski definition) is 3. The average molecular weight is 485 g/mol. The van der Waals surface area contributed by atoms with Crippen LogP contribution in [-0.4, -0.2) is 29.5 Å². The molecular formula is C13H13Br3N2O3. The molecule has 0 saturated carbocycles. The lowest BCUT2D eigenvalue weighted by Gasteiger charge is -2.09. The minimum atomic E-state index is -0.0850. The number of benzene rings is 1. The van der Waals surface area contributed by atoms with Crippen LogP contribution in [0.5, 0.6) is 5.75 Å². The van der Waals surface area contributed by atoms with Gasteiger partial charge in [-0.25, -0.2) is 0 Å². The fourth-order valence-corrected chi connectivity index (χ4v) is 4.41. The molecule has 1 aromatic carbocycles. The number of hydrogen-bond donors (Lipinski definition) is 2. The lowest BCUT2D eigenvalue weighted by atomic mass is 10.1. The van der Waals surface area contributed by atoms with Crippen molar-refractivity contribution >= 4 is 64.6 Å². The van der Waals surface area contributed by atoms with Crippen molar-refractivity contribution in [1.29, 1.82) is 0 Å². The molecule has 0 unspecified atom stereocenters. The van der Waals surface area contributed by atoms with Crippen LogP contribution < -0.4 is 10.1 Å². The second-order valence-electron chi connectivity index (χ2n) is 4.41. The van der Waals surface area contributed by atoms with Gasteiger partial charge in [0.25, 0.3) is 0 Å². The monoisotopic (exact) mass is 482 g/mol. The molecule has 0 bridgehead atoms. The first-order chi connectivity index (χ1) is 9.88. The smallest absolute Gasteiger partial charge is 0.216 e. The lowest BCUT2D eigenvalue weighted by molar-refractivity contribution is -0.118. The summed E-state index contributed by atoms with van der Waals surface area (Å²) in [6.45, 7) is 1.96. The molecule has 0 saturated heterocycles. The van der Waals surface area contributed by atoms with Crippen LogP contribution in [0.1, 0.15) is 12.5 Å². The largest absolute Gasteiger partial charge is 0.494 e. The predicted molar refractivity (Wildman–Crippen MR) is 91.2 cm³/mol. The third kappa shape index (κ3) is 3.07. The molecule has 114 valence electrons. The SMILES string of the molecule is COc1c(Br)cc2c(c1Br)c(CCNC(C)=O)c(Br)n2O. The Morgan fingerprint density at radius 2 is 2.10 bits per heavy atom. The maximum atomic E-state index is 11.0. The summed E-state index contributed by atoms with van der Waals surface area (Å²) in [4.78, 5) is 11.0. The van der Waals surface area contributed by atoms with Crippen molar-refractivity contribution in [3.8, 4) is 5.75 Å². The quantitative estimate of drug-likeness (QED) is 0.648. The Hall–Kier alpha value is -0.730. The number of carbonyl (C=O) groups is 1. The zero-order chi connectivity index (χ0) is 15.7. The van der Waals surface area contributed by atoms with Crippen LogP contribution in [0.3, 0.4) is 0 Å². The van der Waals surface area contributed by atoms with E-state index in [-0.39, 0.29) is 5.91 Å². The Labute approximate surface area is 147 Å². The molecule has 0 aliphatic rings. The van der Waals surface area contributed by atoms with E-state index in [0.717, 1.165) is 24.6 Å². The van der Waals surface area contributed by atoms with Crippen molar-refractivity contribution in [2.75, 3.05) is 13.7 Å². The van der Waals surface area contributed by atoms with Crippen LogP contribution in [0.4, 0.5) is 0 Å². The van der Waals surface area contributed by atoms with Crippen molar-refractivity contribution in [3.05, 3.63) is 25.2 Å². The number of nitrogens with one attached hydrogen (secondary N) is 1. The van der Waals surface area contributed by atoms with Crippen molar-refractivity contribution in [3.63, 3.8) is 0 Å². The lowest BCUT2D eigenvalue weighted by Crippen LogP contribution is -2.22. The number of ether oxygens (including phenoxy) is 1. The topological polar surface area (TPSA) is 63.5 Å². The number of fused-ring (bicyclic) bond motifs is 1. The fraction of sp³-hybridized carbons (Fsp3) is 0.308. The Bertz CT molecular complexity index is 713. The van der Waals surface area contributed by atoms with Gasteiger partial charge >= 0.3 is 0 Å². The fourth-order valence-electron chi connectivity index (χ4n) is 2.16. The Balaban J connectivity index is 2.59. The summed E-state index contributed by atoms with van der Waals surface area (Å²) in [7, 11) is 1.58. The van der Waals surface area contributed by atoms with E-state index in [0.29, 0.717) is 28.8 Å². The van der Waals surface area contributed by atoms with Gasteiger partial charge in [-0.05, 0) is 65.8 Å². The molecule has 1 aromatic heterocycles. The van der Waals surface area contributed by atoms with Crippen molar-refractivity contribution in [1.82, 2.24) is 10.0 Å². The maximum absolute atomic E-state index is 11.0. The van der Waals surface area contributed by atoms with Crippen LogP contribution in [0, 0.1) is 0 Å². The minimum absolute atomic E-state index is 0.0850. The van der Waals surface area contributed by atoms with Crippen molar-refractivity contribution in [2.24, 2.45) is 0 Å². The molecule has 1 amide bonds. The van der Waals surface area contributed by atoms with Crippen LogP contribution >= 0.6 is 47.8 Å². The van der Waals surface area contributed by atoms with Gasteiger partial charge in [-0.2, -0.15) is 4.73 Å². The molecule has 2 N–H and O–H groups in total. The molecular weight excluding hydrogens is 472 g/mol. The first-order valence-corrected chi connectivity index (χ1v) is 8.44. The highest BCUT2D eigenvalue weighted by atomic mass is 79.9. The van der Waals surface area contributed by atoms with E-state index in [1.54, 1.807) is 13.2 Å². The van der Waals surface area contributed by atoms with Gasteiger partial charge in [-0.15, -0.1) is 0 Å². The number of carbonyl (C=O) groups excluding carboxylic acids is 1. The third-order valence-corrected chi connectivity index (χ3v) is 5.23. The number of nitrogens with zero attached hydrogens (tertiary/aromatic N) is 1. The van der Waals surface area contributed by atoms with Crippen LogP contribution in [0.2, 0.25) is 0 Å². The zero-order valence-electron chi connectivity index (χ0n) is 11.3. The Kier molecular flexibility index (Phi) is 5.21. The molecule has 0 atom stereocenters. The summed E-state index contributed by atoms with van der Waals surface area (Å²) in [6, 6.07) is 1.78. The van der Waals surface area contributed by atoms with Crippen LogP contribution in [0.15, 0.2) is 19.6 Å². The molecule has 1 heterocycles. The summed E-state index contributed by atoms with van der Waals surface area (Å²) in [5.74, 6) is 0.569. The molecule has 0 radical (unpaired) electrons. The van der Waals surface area contributed by atoms with Gasteiger partial charge in [0, 0.05) is 18.9 Å². The van der Waals surface area contributed by atoms with Gasteiger partial charge in [0.05, 0.1) is 21.6 Å². The molecule has 0 fully saturated rings. The van der Waals surface area contributed by atoms with Gasteiger partial charge in [0.15, 0.2) is 0 Å². The van der Waals surface area contributed by atoms with Crippen LogP contribution in [0.25, 0.3) is 10.9 Å². The molecule has 5 nitrogen and oxygen atoms in total. The minimum Gasteiger partial charge on any atom is -0.494 e. The summed E-state index contributed by atoms with van der Waals surface area (Å²) in [5, 5.41) is 13.8. The van der Waals surface area contributed by atoms with Gasteiger partial charge in [-0.3, -0.25) is 4.79 Å². The molecule has 8 heteroatoms. The van der Waals surface area contributed by atoms with E-state index in [2.05, 4.69) is 53.1 Å². The predicted octanol–water partition coefficient (Wildman–Crippen LogP) is 3.85. The van der Waals surface area contributed by atoms with E-state index in [1.165, 1.54) is 6.92 Å². The summed E-state index contributed by atoms with van der Waals surface area (Å²) >= 11 is 10.3. The molecule has 21 heavy (non-hydrogen) atoms. The molecule has 2 aromatic rings. The van der Waals surface area contributed by atoms with Gasteiger partial charge in [0.1, 0.15) is 10.4 Å². The van der Waals surface area contributed by atoms with Gasteiger partial charge in [0.2, 0.25) is 5.91 Å². The van der Waals surface area contributed by atoms with Crippen molar-refractivity contribution in [2.45, 2.75) is 13.3 Å². The highest BCUT2D eigenvalue weighted by Crippen LogP contribution is 2.43. The first kappa shape index (κ1) is 16.6. The number of methoxy groups -OCH3 is 1. The van der Waals surface area contributed by atoms with E-state index < -0.39 is 0 Å². The summed E-state index contributed by atoms with van der Waals surface area (Å²) < 4.78 is 8.48. The maximum Gasteiger partial charge on any atom is 0.216 e. The van der Waals surface area contributed by atoms with E-state index >= 15 is 0 Å². The van der Waals surface area contributed by atoms with Crippen molar-refractivity contribution < 1.29 is 14.7 Å². The second kappa shape index (κ2) is 6.58. The normalized spacial score (nSPS) is 10.9. The average Bonchev–Trinajstić information content (AvgIpc) is 2.64. The summed E-state index contributed by atoms with van der Waals surface area (Å²) in [5.41, 5.74) is 1.53. The number of halogens is 3. The second-order valence-corrected chi connectivity index (χ2v) is 6.81. The molecule has 0 aliphatic heterocycles. The third-order valence-electron chi connectivity index (χ3n) is 3.07. The molecule has 2 rings (SSSR count).